The molecule has 0 saturated heterocycles. The van der Waals surface area contributed by atoms with Crippen molar-refractivity contribution in [2.24, 2.45) is 0 Å². The van der Waals surface area contributed by atoms with E-state index in [4.69, 9.17) is 5.73 Å². The molecule has 2 rings (SSSR count). The first kappa shape index (κ1) is 12.9. The summed E-state index contributed by atoms with van der Waals surface area (Å²) in [5.74, 6) is -5.55. The number of pyridine rings is 1. The first-order valence-electron chi connectivity index (χ1n) is 5.15. The summed E-state index contributed by atoms with van der Waals surface area (Å²) >= 11 is 0. The Bertz CT molecular complexity index is 646. The molecule has 0 aliphatic heterocycles. The Morgan fingerprint density at radius 3 is 2.58 bits per heavy atom. The average Bonchev–Trinajstić information content (AvgIpc) is 2.39. The summed E-state index contributed by atoms with van der Waals surface area (Å²) in [5, 5.41) is 2.28. The number of anilines is 2. The second-order valence-corrected chi connectivity index (χ2v) is 3.64. The molecule has 0 aliphatic carbocycles. The number of halogens is 3. The number of hydrogen-bond acceptors (Lipinski definition) is 3. The maximum atomic E-state index is 13.4. The van der Waals surface area contributed by atoms with Gasteiger partial charge in [0.05, 0.1) is 23.1 Å². The zero-order chi connectivity index (χ0) is 14.0. The summed E-state index contributed by atoms with van der Waals surface area (Å²) in [6.45, 7) is 0. The van der Waals surface area contributed by atoms with Crippen molar-refractivity contribution in [2.45, 2.75) is 0 Å². The first-order chi connectivity index (χ1) is 9.00. The monoisotopic (exact) mass is 267 g/mol. The molecule has 4 nitrogen and oxygen atoms in total. The van der Waals surface area contributed by atoms with Crippen molar-refractivity contribution in [1.29, 1.82) is 0 Å². The average molecular weight is 267 g/mol. The van der Waals surface area contributed by atoms with E-state index in [0.717, 1.165) is 6.07 Å². The van der Waals surface area contributed by atoms with Crippen LogP contribution in [0.3, 0.4) is 0 Å². The third kappa shape index (κ3) is 2.49. The van der Waals surface area contributed by atoms with Gasteiger partial charge in [-0.15, -0.1) is 0 Å². The molecule has 0 unspecified atom stereocenters. The summed E-state index contributed by atoms with van der Waals surface area (Å²) in [5.41, 5.74) is 5.28. The number of hydrogen-bond donors (Lipinski definition) is 2. The lowest BCUT2D eigenvalue weighted by Crippen LogP contribution is -2.16. The van der Waals surface area contributed by atoms with E-state index in [0.29, 0.717) is 6.07 Å². The van der Waals surface area contributed by atoms with Crippen LogP contribution in [0.1, 0.15) is 10.4 Å². The van der Waals surface area contributed by atoms with Gasteiger partial charge in [-0.1, -0.05) is 0 Å². The van der Waals surface area contributed by atoms with Crippen LogP contribution in [0, 0.1) is 17.5 Å². The van der Waals surface area contributed by atoms with Crippen molar-refractivity contribution in [3.05, 3.63) is 53.6 Å². The summed E-state index contributed by atoms with van der Waals surface area (Å²) in [7, 11) is 0. The molecular weight excluding hydrogens is 259 g/mol. The number of benzene rings is 1. The highest BCUT2D eigenvalue weighted by Crippen LogP contribution is 2.19. The van der Waals surface area contributed by atoms with E-state index in [2.05, 4.69) is 10.3 Å². The van der Waals surface area contributed by atoms with Gasteiger partial charge in [0.1, 0.15) is 0 Å². The van der Waals surface area contributed by atoms with Gasteiger partial charge in [0.15, 0.2) is 17.5 Å². The second kappa shape index (κ2) is 4.97. The van der Waals surface area contributed by atoms with Gasteiger partial charge in [-0.2, -0.15) is 0 Å². The third-order valence-corrected chi connectivity index (χ3v) is 2.38. The van der Waals surface area contributed by atoms with Crippen LogP contribution in [0.5, 0.6) is 0 Å². The standard InChI is InChI=1S/C12H8F3N3O/c13-7-2-1-6(10(14)11(7)15)12(19)18-9-3-4-17-5-8(9)16/h1-5H,16H2,(H,17,18,19). The quantitative estimate of drug-likeness (QED) is 0.820. The van der Waals surface area contributed by atoms with E-state index < -0.39 is 28.9 Å². The highest BCUT2D eigenvalue weighted by Gasteiger charge is 2.19. The normalized spacial score (nSPS) is 10.3. The fourth-order valence-corrected chi connectivity index (χ4v) is 1.41. The molecule has 0 aliphatic rings. The summed E-state index contributed by atoms with van der Waals surface area (Å²) in [6.07, 6.45) is 2.66. The SMILES string of the molecule is Nc1cnccc1NC(=O)c1ccc(F)c(F)c1F. The summed E-state index contributed by atoms with van der Waals surface area (Å²) < 4.78 is 39.1. The largest absolute Gasteiger partial charge is 0.396 e. The Morgan fingerprint density at radius 1 is 1.16 bits per heavy atom. The fraction of sp³-hybridized carbons (Fsp3) is 0. The fourth-order valence-electron chi connectivity index (χ4n) is 1.41. The van der Waals surface area contributed by atoms with Gasteiger partial charge in [0, 0.05) is 6.20 Å². The third-order valence-electron chi connectivity index (χ3n) is 2.38. The van der Waals surface area contributed by atoms with E-state index in [1.807, 2.05) is 0 Å². The highest BCUT2D eigenvalue weighted by molar-refractivity contribution is 6.05. The number of nitrogens with two attached hydrogens (primary N) is 1. The van der Waals surface area contributed by atoms with Gasteiger partial charge in [0.25, 0.3) is 5.91 Å². The maximum absolute atomic E-state index is 13.4. The molecule has 1 amide bonds. The maximum Gasteiger partial charge on any atom is 0.258 e. The van der Waals surface area contributed by atoms with Gasteiger partial charge in [-0.25, -0.2) is 13.2 Å². The van der Waals surface area contributed by atoms with Crippen molar-refractivity contribution >= 4 is 17.3 Å². The molecule has 0 spiro atoms. The first-order valence-corrected chi connectivity index (χ1v) is 5.15. The van der Waals surface area contributed by atoms with Gasteiger partial charge in [0.2, 0.25) is 0 Å². The lowest BCUT2D eigenvalue weighted by atomic mass is 10.1. The number of amides is 1. The lowest BCUT2D eigenvalue weighted by molar-refractivity contribution is 0.102. The molecule has 19 heavy (non-hydrogen) atoms. The predicted molar refractivity (Wildman–Crippen MR) is 62.9 cm³/mol. The zero-order valence-corrected chi connectivity index (χ0v) is 9.45. The van der Waals surface area contributed by atoms with E-state index in [-0.39, 0.29) is 11.4 Å². The Hall–Kier alpha value is -2.57. The Labute approximate surface area is 106 Å². The lowest BCUT2D eigenvalue weighted by Gasteiger charge is -2.08. The van der Waals surface area contributed by atoms with Crippen LogP contribution in [0.2, 0.25) is 0 Å². The highest BCUT2D eigenvalue weighted by atomic mass is 19.2. The van der Waals surface area contributed by atoms with Crippen molar-refractivity contribution in [3.8, 4) is 0 Å². The number of carbonyl (C=O) groups excluding carboxylic acids is 1. The van der Waals surface area contributed by atoms with Crippen molar-refractivity contribution in [3.63, 3.8) is 0 Å². The summed E-state index contributed by atoms with van der Waals surface area (Å²) in [6, 6.07) is 2.91. The van der Waals surface area contributed by atoms with Crippen LogP contribution < -0.4 is 11.1 Å². The zero-order valence-electron chi connectivity index (χ0n) is 9.45. The van der Waals surface area contributed by atoms with Gasteiger partial charge < -0.3 is 11.1 Å². The van der Waals surface area contributed by atoms with Crippen LogP contribution in [0.15, 0.2) is 30.6 Å². The molecule has 0 bridgehead atoms. The minimum atomic E-state index is -1.70. The van der Waals surface area contributed by atoms with Gasteiger partial charge in [-0.3, -0.25) is 9.78 Å². The molecule has 0 fully saturated rings. The van der Waals surface area contributed by atoms with Crippen molar-refractivity contribution < 1.29 is 18.0 Å². The number of nitrogen functional groups attached to an aromatic ring is 1. The predicted octanol–water partition coefficient (Wildman–Crippen LogP) is 2.33. The minimum absolute atomic E-state index is 0.166. The van der Waals surface area contributed by atoms with Crippen LogP contribution >= 0.6 is 0 Å². The second-order valence-electron chi connectivity index (χ2n) is 3.64. The number of rotatable bonds is 2. The summed E-state index contributed by atoms with van der Waals surface area (Å²) in [4.78, 5) is 15.4. The van der Waals surface area contributed by atoms with Crippen molar-refractivity contribution in [1.82, 2.24) is 4.98 Å². The molecule has 0 atom stereocenters. The van der Waals surface area contributed by atoms with Crippen molar-refractivity contribution in [2.75, 3.05) is 11.1 Å². The van der Waals surface area contributed by atoms with Crippen LogP contribution in [-0.2, 0) is 0 Å². The van der Waals surface area contributed by atoms with E-state index in [9.17, 15) is 18.0 Å². The molecular formula is C12H8F3N3O. The number of aromatic nitrogens is 1. The van der Waals surface area contributed by atoms with Gasteiger partial charge >= 0.3 is 0 Å². The topological polar surface area (TPSA) is 68.0 Å². The van der Waals surface area contributed by atoms with E-state index in [1.165, 1.54) is 18.5 Å². The number of nitrogens with one attached hydrogen (secondary N) is 1. The number of carbonyl (C=O) groups is 1. The molecule has 1 aromatic carbocycles. The Morgan fingerprint density at radius 2 is 1.89 bits per heavy atom. The molecule has 1 aromatic heterocycles. The van der Waals surface area contributed by atoms with E-state index >= 15 is 0 Å². The molecule has 0 radical (unpaired) electrons. The van der Waals surface area contributed by atoms with Crippen LogP contribution in [0.25, 0.3) is 0 Å². The van der Waals surface area contributed by atoms with Gasteiger partial charge in [-0.05, 0) is 18.2 Å². The van der Waals surface area contributed by atoms with Crippen LogP contribution in [0.4, 0.5) is 24.5 Å². The number of nitrogens with zero attached hydrogens (tertiary/aromatic N) is 1. The Balaban J connectivity index is 2.31. The van der Waals surface area contributed by atoms with E-state index in [1.54, 1.807) is 0 Å². The molecule has 0 saturated carbocycles. The Kier molecular flexibility index (Phi) is 3.37. The minimum Gasteiger partial charge on any atom is -0.396 e. The molecule has 3 N–H and O–H groups in total. The molecule has 1 heterocycles. The van der Waals surface area contributed by atoms with Crippen LogP contribution in [-0.4, -0.2) is 10.9 Å². The molecule has 2 aromatic rings. The molecule has 7 heteroatoms. The smallest absolute Gasteiger partial charge is 0.258 e. The molecule has 98 valence electrons.